The summed E-state index contributed by atoms with van der Waals surface area (Å²) < 4.78 is 17.4. The molecule has 0 spiro atoms. The van der Waals surface area contributed by atoms with Gasteiger partial charge < -0.3 is 14.9 Å². The van der Waals surface area contributed by atoms with Crippen molar-refractivity contribution in [1.82, 2.24) is 30.2 Å². The van der Waals surface area contributed by atoms with Gasteiger partial charge in [0, 0.05) is 24.6 Å². The van der Waals surface area contributed by atoms with Crippen LogP contribution in [-0.4, -0.2) is 37.6 Å². The summed E-state index contributed by atoms with van der Waals surface area (Å²) in [5.74, 6) is 1.92. The zero-order valence-corrected chi connectivity index (χ0v) is 17.6. The van der Waals surface area contributed by atoms with Crippen molar-refractivity contribution in [2.24, 2.45) is 16.8 Å². The highest BCUT2D eigenvalue weighted by Crippen LogP contribution is 2.41. The van der Waals surface area contributed by atoms with E-state index >= 15 is 4.39 Å². The van der Waals surface area contributed by atoms with Crippen molar-refractivity contribution < 1.29 is 4.39 Å². The summed E-state index contributed by atoms with van der Waals surface area (Å²) in [7, 11) is 0. The quantitative estimate of drug-likeness (QED) is 0.572. The van der Waals surface area contributed by atoms with Crippen LogP contribution >= 0.6 is 11.6 Å². The number of aromatic amines is 1. The summed E-state index contributed by atoms with van der Waals surface area (Å²) in [6.45, 7) is 0. The maximum atomic E-state index is 15.6. The van der Waals surface area contributed by atoms with E-state index in [0.717, 1.165) is 12.3 Å². The van der Waals surface area contributed by atoms with Crippen molar-refractivity contribution in [3.8, 4) is 0 Å². The smallest absolute Gasteiger partial charge is 0.180 e. The van der Waals surface area contributed by atoms with Crippen molar-refractivity contribution in [3.63, 3.8) is 0 Å². The molecule has 3 fully saturated rings. The van der Waals surface area contributed by atoms with Gasteiger partial charge in [-0.1, -0.05) is 24.4 Å². The molecule has 0 amide bonds. The first-order chi connectivity index (χ1) is 15.2. The Morgan fingerprint density at radius 2 is 1.97 bits per heavy atom. The minimum atomic E-state index is -0.755. The van der Waals surface area contributed by atoms with E-state index in [0.29, 0.717) is 39.5 Å². The van der Waals surface area contributed by atoms with Crippen molar-refractivity contribution in [2.75, 3.05) is 0 Å². The van der Waals surface area contributed by atoms with Crippen molar-refractivity contribution >= 4 is 34.4 Å². The third kappa shape index (κ3) is 3.34. The SMILES string of the molecule is FC1=C(n2cccc2)NC(c2c[nH]c3ncc(Cl)nc23)=NC1NC1CC2CCC1CC2. The van der Waals surface area contributed by atoms with Gasteiger partial charge in [-0.3, -0.25) is 5.32 Å². The Kier molecular flexibility index (Phi) is 4.57. The van der Waals surface area contributed by atoms with Crippen molar-refractivity contribution in [2.45, 2.75) is 44.3 Å². The molecule has 7 rings (SSSR count). The average molecular weight is 440 g/mol. The van der Waals surface area contributed by atoms with Crippen LogP contribution in [-0.2, 0) is 0 Å². The highest BCUT2D eigenvalue weighted by molar-refractivity contribution is 6.29. The van der Waals surface area contributed by atoms with Crippen LogP contribution in [0.4, 0.5) is 4.39 Å². The lowest BCUT2D eigenvalue weighted by molar-refractivity contribution is 0.117. The average Bonchev–Trinajstić information content (AvgIpc) is 3.46. The van der Waals surface area contributed by atoms with Crippen LogP contribution in [0, 0.1) is 11.8 Å². The van der Waals surface area contributed by atoms with E-state index < -0.39 is 6.17 Å². The second-order valence-corrected chi connectivity index (χ2v) is 9.06. The highest BCUT2D eigenvalue weighted by Gasteiger charge is 2.38. The van der Waals surface area contributed by atoms with E-state index in [4.69, 9.17) is 16.6 Å². The van der Waals surface area contributed by atoms with Gasteiger partial charge in [0.1, 0.15) is 16.5 Å². The lowest BCUT2D eigenvalue weighted by Crippen LogP contribution is -2.50. The molecule has 3 aliphatic carbocycles. The molecule has 31 heavy (non-hydrogen) atoms. The van der Waals surface area contributed by atoms with Gasteiger partial charge in [-0.05, 0) is 43.2 Å². The Balaban J connectivity index is 1.39. The molecule has 9 heteroatoms. The van der Waals surface area contributed by atoms with E-state index in [2.05, 4.69) is 25.6 Å². The summed E-state index contributed by atoms with van der Waals surface area (Å²) in [5, 5.41) is 7.00. The molecular weight excluding hydrogens is 417 g/mol. The Morgan fingerprint density at radius 1 is 1.16 bits per heavy atom. The summed E-state index contributed by atoms with van der Waals surface area (Å²) >= 11 is 6.08. The number of aliphatic imine (C=N–C) groups is 1. The van der Waals surface area contributed by atoms with E-state index in [9.17, 15) is 0 Å². The first-order valence-electron chi connectivity index (χ1n) is 10.8. The molecule has 2 atom stereocenters. The van der Waals surface area contributed by atoms with Gasteiger partial charge in [0.05, 0.1) is 11.8 Å². The van der Waals surface area contributed by atoms with Crippen molar-refractivity contribution in [3.05, 3.63) is 53.5 Å². The number of hydrogen-bond donors (Lipinski definition) is 3. The zero-order chi connectivity index (χ0) is 20.9. The fourth-order valence-electron chi connectivity index (χ4n) is 5.27. The van der Waals surface area contributed by atoms with Crippen LogP contribution in [0.5, 0.6) is 0 Å². The van der Waals surface area contributed by atoms with Crippen molar-refractivity contribution in [1.29, 1.82) is 0 Å². The fraction of sp³-hybridized carbons (Fsp3) is 0.409. The fourth-order valence-corrected chi connectivity index (χ4v) is 5.41. The minimum absolute atomic E-state index is 0.287. The lowest BCUT2D eigenvalue weighted by atomic mass is 9.68. The molecule has 2 unspecified atom stereocenters. The van der Waals surface area contributed by atoms with Gasteiger partial charge in [0.15, 0.2) is 23.5 Å². The molecule has 4 aliphatic rings. The summed E-state index contributed by atoms with van der Waals surface area (Å²) in [5.41, 5.74) is 1.91. The molecule has 4 heterocycles. The molecule has 0 radical (unpaired) electrons. The van der Waals surface area contributed by atoms with E-state index in [-0.39, 0.29) is 11.9 Å². The second-order valence-electron chi connectivity index (χ2n) is 8.67. The van der Waals surface area contributed by atoms with Crippen LogP contribution in [0.1, 0.15) is 37.7 Å². The molecule has 0 saturated heterocycles. The van der Waals surface area contributed by atoms with Gasteiger partial charge in [0.2, 0.25) is 0 Å². The molecule has 3 saturated carbocycles. The molecule has 3 N–H and O–H groups in total. The molecule has 0 aromatic carbocycles. The zero-order valence-electron chi connectivity index (χ0n) is 16.9. The third-order valence-electron chi connectivity index (χ3n) is 6.85. The normalized spacial score (nSPS) is 28.1. The standard InChI is InChI=1S/C22H23ClFN7/c23-16-11-26-21-18(28-16)14(10-25-21)19-29-20(17(24)22(30-19)31-7-1-2-8-31)27-15-9-12-3-5-13(15)6-4-12/h1-2,7-8,10-13,15,20,27H,3-6,9H2,(H,25,26)(H,29,30). The van der Waals surface area contributed by atoms with Gasteiger partial charge in [-0.25, -0.2) is 19.4 Å². The van der Waals surface area contributed by atoms with E-state index in [1.807, 2.05) is 24.5 Å². The molecule has 3 aromatic rings. The van der Waals surface area contributed by atoms with E-state index in [1.165, 1.54) is 31.9 Å². The summed E-state index contributed by atoms with van der Waals surface area (Å²) in [6.07, 6.45) is 12.3. The highest BCUT2D eigenvalue weighted by atomic mass is 35.5. The molecule has 2 bridgehead atoms. The largest absolute Gasteiger partial charge is 0.344 e. The number of fused-ring (bicyclic) bond motifs is 4. The lowest BCUT2D eigenvalue weighted by Gasteiger charge is -2.44. The van der Waals surface area contributed by atoms with E-state index in [1.54, 1.807) is 10.8 Å². The number of rotatable bonds is 4. The Bertz CT molecular complexity index is 1170. The van der Waals surface area contributed by atoms with Gasteiger partial charge in [-0.15, -0.1) is 0 Å². The number of aromatic nitrogens is 4. The predicted octanol–water partition coefficient (Wildman–Crippen LogP) is 4.05. The Hall–Kier alpha value is -2.71. The van der Waals surface area contributed by atoms with Crippen LogP contribution in [0.3, 0.4) is 0 Å². The number of H-pyrrole nitrogens is 1. The minimum Gasteiger partial charge on any atom is -0.344 e. The van der Waals surface area contributed by atoms with Crippen LogP contribution < -0.4 is 10.6 Å². The molecule has 160 valence electrons. The number of halogens is 2. The first-order valence-corrected chi connectivity index (χ1v) is 11.2. The topological polar surface area (TPSA) is 82.9 Å². The summed E-state index contributed by atoms with van der Waals surface area (Å²) in [4.78, 5) is 16.5. The van der Waals surface area contributed by atoms with Gasteiger partial charge in [0.25, 0.3) is 0 Å². The van der Waals surface area contributed by atoms with Crippen LogP contribution in [0.15, 0.2) is 47.7 Å². The molecular formula is C22H23ClFN7. The predicted molar refractivity (Wildman–Crippen MR) is 118 cm³/mol. The number of nitrogens with zero attached hydrogens (tertiary/aromatic N) is 4. The number of nitrogens with one attached hydrogen (secondary N) is 3. The van der Waals surface area contributed by atoms with Gasteiger partial charge >= 0.3 is 0 Å². The van der Waals surface area contributed by atoms with Gasteiger partial charge in [-0.2, -0.15) is 0 Å². The Morgan fingerprint density at radius 3 is 2.71 bits per heavy atom. The number of hydrogen-bond acceptors (Lipinski definition) is 5. The first kappa shape index (κ1) is 19.0. The maximum absolute atomic E-state index is 15.6. The Labute approximate surface area is 183 Å². The van der Waals surface area contributed by atoms with Crippen LogP contribution in [0.25, 0.3) is 17.0 Å². The second kappa shape index (κ2) is 7.46. The molecule has 7 nitrogen and oxygen atoms in total. The maximum Gasteiger partial charge on any atom is 0.180 e. The number of amidine groups is 1. The molecule has 1 aliphatic heterocycles. The monoisotopic (exact) mass is 439 g/mol. The third-order valence-corrected chi connectivity index (χ3v) is 7.03. The summed E-state index contributed by atoms with van der Waals surface area (Å²) in [6, 6.07) is 4.02. The molecule has 3 aromatic heterocycles. The van der Waals surface area contributed by atoms with Crippen LogP contribution in [0.2, 0.25) is 5.15 Å².